The van der Waals surface area contributed by atoms with Crippen LogP contribution in [-0.4, -0.2) is 69.1 Å². The summed E-state index contributed by atoms with van der Waals surface area (Å²) in [5, 5.41) is 2.96. The van der Waals surface area contributed by atoms with Crippen molar-refractivity contribution in [2.45, 2.75) is 68.9 Å². The molecule has 0 unspecified atom stereocenters. The number of carbonyl (C=O) groups excluding carboxylic acids is 1. The smallest absolute Gasteiger partial charge is 0.382 e. The number of methoxy groups -OCH3 is 1. The third kappa shape index (κ3) is 6.84. The fraction of sp³-hybridized carbons (Fsp3) is 0.571. The van der Waals surface area contributed by atoms with Gasteiger partial charge in [0.05, 0.1) is 47.2 Å². The molecule has 1 aromatic heterocycles. The lowest BCUT2D eigenvalue weighted by molar-refractivity contribution is -0.236. The zero-order valence-corrected chi connectivity index (χ0v) is 23.7. The number of sulfone groups is 1. The van der Waals surface area contributed by atoms with E-state index in [0.717, 1.165) is 17.7 Å². The highest BCUT2D eigenvalue weighted by Gasteiger charge is 2.43. The number of amides is 1. The summed E-state index contributed by atoms with van der Waals surface area (Å²) < 4.78 is 73.6. The lowest BCUT2D eigenvalue weighted by Crippen LogP contribution is -2.40. The van der Waals surface area contributed by atoms with Crippen molar-refractivity contribution in [3.8, 4) is 0 Å². The molecular weight excluding hydrogens is 547 g/mol. The van der Waals surface area contributed by atoms with Crippen molar-refractivity contribution in [2.24, 2.45) is 5.92 Å². The highest BCUT2D eigenvalue weighted by Crippen LogP contribution is 2.38. The van der Waals surface area contributed by atoms with Crippen LogP contribution in [0.25, 0.3) is 0 Å². The number of aromatic nitrogens is 1. The largest absolute Gasteiger partial charge is 0.414 e. The van der Waals surface area contributed by atoms with Crippen LogP contribution in [0.1, 0.15) is 72.4 Å². The molecule has 1 fully saturated rings. The quantitative estimate of drug-likeness (QED) is 0.436. The van der Waals surface area contributed by atoms with E-state index in [2.05, 4.69) is 15.2 Å². The van der Waals surface area contributed by atoms with Gasteiger partial charge in [-0.05, 0) is 54.5 Å². The van der Waals surface area contributed by atoms with Crippen LogP contribution in [0.4, 0.5) is 13.2 Å². The Morgan fingerprint density at radius 1 is 1.23 bits per heavy atom. The average molecular weight is 584 g/mol. The van der Waals surface area contributed by atoms with Gasteiger partial charge in [-0.15, -0.1) is 0 Å². The van der Waals surface area contributed by atoms with Crippen LogP contribution in [0.5, 0.6) is 0 Å². The first-order chi connectivity index (χ1) is 19.0. The molecule has 4 rings (SSSR count). The lowest BCUT2D eigenvalue weighted by Gasteiger charge is -2.34. The number of carbonyl (C=O) groups is 1. The van der Waals surface area contributed by atoms with Gasteiger partial charge in [-0.3, -0.25) is 14.7 Å². The summed E-state index contributed by atoms with van der Waals surface area (Å²) in [5.41, 5.74) is 2.89. The van der Waals surface area contributed by atoms with Crippen LogP contribution in [0.2, 0.25) is 0 Å². The summed E-state index contributed by atoms with van der Waals surface area (Å²) in [6.45, 7) is 5.03. The Kier molecular flexibility index (Phi) is 9.54. The molecule has 40 heavy (non-hydrogen) atoms. The Balaban J connectivity index is 1.43. The van der Waals surface area contributed by atoms with E-state index in [1.807, 2.05) is 13.0 Å². The van der Waals surface area contributed by atoms with E-state index in [9.17, 15) is 26.4 Å². The molecule has 1 saturated heterocycles. The number of fused-ring (bicyclic) bond motifs is 1. The maximum absolute atomic E-state index is 13.2. The molecule has 220 valence electrons. The second-order valence-electron chi connectivity index (χ2n) is 10.4. The molecule has 4 atom stereocenters. The molecular formula is C28H36F3N3O5S. The fourth-order valence-electron chi connectivity index (χ4n) is 5.46. The van der Waals surface area contributed by atoms with Crippen molar-refractivity contribution in [2.75, 3.05) is 32.6 Å². The summed E-state index contributed by atoms with van der Waals surface area (Å²) >= 11 is 0. The van der Waals surface area contributed by atoms with Crippen LogP contribution < -0.4 is 5.32 Å². The number of nitrogens with zero attached hydrogens (tertiary/aromatic N) is 2. The number of pyridine rings is 1. The third-order valence-electron chi connectivity index (χ3n) is 7.67. The summed E-state index contributed by atoms with van der Waals surface area (Å²) in [5.74, 6) is -0.342. The van der Waals surface area contributed by atoms with Crippen molar-refractivity contribution >= 4 is 15.7 Å². The highest BCUT2D eigenvalue weighted by atomic mass is 32.2. The van der Waals surface area contributed by atoms with Gasteiger partial charge in [0.15, 0.2) is 15.9 Å². The van der Waals surface area contributed by atoms with Crippen LogP contribution in [0.15, 0.2) is 41.4 Å². The normalized spacial score (nSPS) is 22.6. The van der Waals surface area contributed by atoms with Gasteiger partial charge in [0.25, 0.3) is 5.91 Å². The number of hydrogen-bond acceptors (Lipinski definition) is 7. The predicted molar refractivity (Wildman–Crippen MR) is 142 cm³/mol. The van der Waals surface area contributed by atoms with Crippen molar-refractivity contribution < 1.29 is 35.9 Å². The van der Waals surface area contributed by atoms with E-state index in [0.29, 0.717) is 30.6 Å². The first-order valence-corrected chi connectivity index (χ1v) is 15.2. The molecule has 3 heterocycles. The van der Waals surface area contributed by atoms with Gasteiger partial charge in [-0.1, -0.05) is 26.0 Å². The fourth-order valence-corrected chi connectivity index (χ4v) is 6.34. The lowest BCUT2D eigenvalue weighted by atomic mass is 9.97. The van der Waals surface area contributed by atoms with E-state index in [4.69, 9.17) is 9.47 Å². The van der Waals surface area contributed by atoms with Gasteiger partial charge in [0.2, 0.25) is 0 Å². The molecule has 8 nitrogen and oxygen atoms in total. The molecule has 0 spiro atoms. The molecule has 1 amide bonds. The monoisotopic (exact) mass is 583 g/mol. The molecule has 1 N–H and O–H groups in total. The summed E-state index contributed by atoms with van der Waals surface area (Å²) in [7, 11) is -1.82. The Morgan fingerprint density at radius 2 is 1.95 bits per heavy atom. The molecule has 0 bridgehead atoms. The van der Waals surface area contributed by atoms with Crippen LogP contribution in [0.3, 0.4) is 0 Å². The van der Waals surface area contributed by atoms with Gasteiger partial charge in [-0.2, -0.15) is 13.2 Å². The third-order valence-corrected chi connectivity index (χ3v) is 9.42. The Morgan fingerprint density at radius 3 is 2.52 bits per heavy atom. The summed E-state index contributed by atoms with van der Waals surface area (Å²) in [6, 6.07) is 7.73. The van der Waals surface area contributed by atoms with Crippen LogP contribution in [0, 0.1) is 5.92 Å². The number of halogens is 3. The zero-order valence-electron chi connectivity index (χ0n) is 22.9. The van der Waals surface area contributed by atoms with Gasteiger partial charge in [0.1, 0.15) is 0 Å². The predicted octanol–water partition coefficient (Wildman–Crippen LogP) is 4.62. The van der Waals surface area contributed by atoms with E-state index < -0.39 is 28.2 Å². The number of ether oxygens (including phenoxy) is 2. The minimum atomic E-state index is -4.33. The zero-order chi connectivity index (χ0) is 29.1. The average Bonchev–Trinajstić information content (AvgIpc) is 3.28. The Bertz CT molecular complexity index is 1280. The molecule has 0 aliphatic carbocycles. The van der Waals surface area contributed by atoms with Crippen LogP contribution >= 0.6 is 0 Å². The molecule has 2 aliphatic rings. The standard InChI is InChI=1S/C28H36F3N3O5S/c1-4-24-26-21(15-34(24)14-18-6-11-25(39-16-18)28(29,30)31)12-20(13-32-26)27(35)33-23(17-38-3)19-7-9-22(10-8-19)40(36,37)5-2/h7-10,12-13,18,23-25H,4-6,11,14-17H2,1-3H3,(H,33,35)/t18-,23+,24+,25-/m1/s1. The van der Waals surface area contributed by atoms with Gasteiger partial charge >= 0.3 is 6.18 Å². The van der Waals surface area contributed by atoms with Crippen molar-refractivity contribution in [3.63, 3.8) is 0 Å². The van der Waals surface area contributed by atoms with Crippen LogP contribution in [-0.2, 0) is 25.9 Å². The SMILES string of the molecule is CC[C@H]1c2ncc(C(=O)N[C@@H](COC)c3ccc(S(=O)(=O)CC)cc3)cc2CN1C[C@H]1CC[C@H](C(F)(F)F)OC1. The first kappa shape index (κ1) is 30.4. The van der Waals surface area contributed by atoms with E-state index in [-0.39, 0.29) is 48.1 Å². The van der Waals surface area contributed by atoms with Gasteiger partial charge < -0.3 is 14.8 Å². The molecule has 1 aromatic carbocycles. The highest BCUT2D eigenvalue weighted by molar-refractivity contribution is 7.91. The maximum atomic E-state index is 13.2. The van der Waals surface area contributed by atoms with Crippen molar-refractivity contribution in [3.05, 3.63) is 58.9 Å². The Labute approximate surface area is 233 Å². The molecule has 0 radical (unpaired) electrons. The van der Waals surface area contributed by atoms with Crippen molar-refractivity contribution in [1.82, 2.24) is 15.2 Å². The van der Waals surface area contributed by atoms with Crippen molar-refractivity contribution in [1.29, 1.82) is 0 Å². The van der Waals surface area contributed by atoms with E-state index in [1.54, 1.807) is 25.3 Å². The first-order valence-electron chi connectivity index (χ1n) is 13.5. The number of nitrogens with one attached hydrogen (secondary N) is 1. The number of rotatable bonds is 10. The molecule has 0 saturated carbocycles. The topological polar surface area (TPSA) is 97.8 Å². The van der Waals surface area contributed by atoms with Gasteiger partial charge in [-0.25, -0.2) is 8.42 Å². The number of alkyl halides is 3. The molecule has 2 aromatic rings. The molecule has 2 aliphatic heterocycles. The minimum absolute atomic E-state index is 0.000808. The second kappa shape index (κ2) is 12.5. The number of hydrogen-bond donors (Lipinski definition) is 1. The minimum Gasteiger partial charge on any atom is -0.382 e. The Hall–Kier alpha value is -2.54. The second-order valence-corrected chi connectivity index (χ2v) is 12.7. The number of benzene rings is 1. The summed E-state index contributed by atoms with van der Waals surface area (Å²) in [6.07, 6.45) is -3.28. The summed E-state index contributed by atoms with van der Waals surface area (Å²) in [4.78, 5) is 20.3. The van der Waals surface area contributed by atoms with E-state index >= 15 is 0 Å². The maximum Gasteiger partial charge on any atom is 0.414 e. The van der Waals surface area contributed by atoms with Gasteiger partial charge in [0, 0.05) is 26.4 Å². The molecule has 12 heteroatoms. The van der Waals surface area contributed by atoms with E-state index in [1.165, 1.54) is 19.2 Å².